The molecule has 0 aromatic carbocycles. The summed E-state index contributed by atoms with van der Waals surface area (Å²) in [5.41, 5.74) is 0. The zero-order chi connectivity index (χ0) is 10.9. The Bertz CT molecular complexity index is 175. The van der Waals surface area contributed by atoms with Crippen molar-refractivity contribution in [2.75, 3.05) is 46.6 Å². The van der Waals surface area contributed by atoms with Gasteiger partial charge in [0.25, 0.3) is 0 Å². The summed E-state index contributed by atoms with van der Waals surface area (Å²) in [6.45, 7) is 5.02. The minimum Gasteiger partial charge on any atom is -0.382 e. The number of likely N-dealkylation sites (tertiary alicyclic amines) is 1. The Kier molecular flexibility index (Phi) is 6.55. The number of Topliss-reactive ketones (excluding diaryl/α,β-unsaturated/α-hetero) is 1. The number of carbonyl (C=O) groups is 1. The molecule has 0 spiro atoms. The summed E-state index contributed by atoms with van der Waals surface area (Å²) in [7, 11) is 1.67. The van der Waals surface area contributed by atoms with Gasteiger partial charge in [0.15, 0.2) is 0 Å². The number of ether oxygens (including phenoxy) is 2. The van der Waals surface area contributed by atoms with E-state index in [1.165, 1.54) is 0 Å². The number of nitrogens with zero attached hydrogens (tertiary/aromatic N) is 1. The average Bonchev–Trinajstić information content (AvgIpc) is 2.26. The third-order valence-corrected chi connectivity index (χ3v) is 2.61. The molecule has 0 atom stereocenters. The SMILES string of the molecule is COCCOCCCN1CCC(=O)CC1. The second-order valence-corrected chi connectivity index (χ2v) is 3.84. The van der Waals surface area contributed by atoms with E-state index >= 15 is 0 Å². The number of rotatable bonds is 7. The monoisotopic (exact) mass is 215 g/mol. The van der Waals surface area contributed by atoms with E-state index in [2.05, 4.69) is 4.90 Å². The van der Waals surface area contributed by atoms with Crippen LogP contribution in [0.2, 0.25) is 0 Å². The third kappa shape index (κ3) is 5.87. The van der Waals surface area contributed by atoms with Crippen LogP contribution < -0.4 is 0 Å². The molecule has 0 saturated carbocycles. The van der Waals surface area contributed by atoms with E-state index in [4.69, 9.17) is 9.47 Å². The van der Waals surface area contributed by atoms with E-state index in [0.29, 0.717) is 19.0 Å². The van der Waals surface area contributed by atoms with E-state index in [0.717, 1.165) is 45.5 Å². The quantitative estimate of drug-likeness (QED) is 0.586. The van der Waals surface area contributed by atoms with Crippen LogP contribution in [0.25, 0.3) is 0 Å². The van der Waals surface area contributed by atoms with Gasteiger partial charge in [-0.1, -0.05) is 0 Å². The molecule has 88 valence electrons. The van der Waals surface area contributed by atoms with Crippen LogP contribution in [-0.2, 0) is 14.3 Å². The van der Waals surface area contributed by atoms with Crippen LogP contribution in [0.15, 0.2) is 0 Å². The first-order chi connectivity index (χ1) is 7.33. The first-order valence-electron chi connectivity index (χ1n) is 5.63. The molecule has 1 fully saturated rings. The summed E-state index contributed by atoms with van der Waals surface area (Å²) in [5, 5.41) is 0. The topological polar surface area (TPSA) is 38.8 Å². The van der Waals surface area contributed by atoms with Gasteiger partial charge in [-0.25, -0.2) is 0 Å². The molecule has 4 nitrogen and oxygen atoms in total. The second-order valence-electron chi connectivity index (χ2n) is 3.84. The van der Waals surface area contributed by atoms with Gasteiger partial charge in [-0.3, -0.25) is 4.79 Å². The van der Waals surface area contributed by atoms with Gasteiger partial charge in [0.1, 0.15) is 5.78 Å². The minimum atomic E-state index is 0.405. The summed E-state index contributed by atoms with van der Waals surface area (Å²) < 4.78 is 10.2. The number of hydrogen-bond acceptors (Lipinski definition) is 4. The van der Waals surface area contributed by atoms with Crippen molar-refractivity contribution in [3.8, 4) is 0 Å². The van der Waals surface area contributed by atoms with Gasteiger partial charge in [-0.05, 0) is 6.42 Å². The molecule has 4 heteroatoms. The lowest BCUT2D eigenvalue weighted by atomic mass is 10.1. The van der Waals surface area contributed by atoms with Gasteiger partial charge < -0.3 is 14.4 Å². The summed E-state index contributed by atoms with van der Waals surface area (Å²) >= 11 is 0. The largest absolute Gasteiger partial charge is 0.382 e. The molecule has 1 heterocycles. The highest BCUT2D eigenvalue weighted by Crippen LogP contribution is 2.05. The van der Waals surface area contributed by atoms with Crippen molar-refractivity contribution in [2.24, 2.45) is 0 Å². The summed E-state index contributed by atoms with van der Waals surface area (Å²) in [6.07, 6.45) is 2.49. The normalized spacial score (nSPS) is 18.3. The van der Waals surface area contributed by atoms with Crippen molar-refractivity contribution in [3.05, 3.63) is 0 Å². The van der Waals surface area contributed by atoms with E-state index in [1.54, 1.807) is 7.11 Å². The number of hydrogen-bond donors (Lipinski definition) is 0. The fourth-order valence-corrected chi connectivity index (χ4v) is 1.66. The van der Waals surface area contributed by atoms with Crippen molar-refractivity contribution in [1.82, 2.24) is 4.90 Å². The third-order valence-electron chi connectivity index (χ3n) is 2.61. The smallest absolute Gasteiger partial charge is 0.135 e. The number of methoxy groups -OCH3 is 1. The Balaban J connectivity index is 1.89. The second kappa shape index (κ2) is 7.79. The van der Waals surface area contributed by atoms with Crippen molar-refractivity contribution in [1.29, 1.82) is 0 Å². The molecule has 1 aliphatic rings. The standard InChI is InChI=1S/C11H21NO3/c1-14-9-10-15-8-2-5-12-6-3-11(13)4-7-12/h2-10H2,1H3. The van der Waals surface area contributed by atoms with Crippen LogP contribution in [0.1, 0.15) is 19.3 Å². The van der Waals surface area contributed by atoms with Gasteiger partial charge in [-0.2, -0.15) is 0 Å². The zero-order valence-electron chi connectivity index (χ0n) is 9.54. The van der Waals surface area contributed by atoms with Crippen LogP contribution >= 0.6 is 0 Å². The summed E-state index contributed by atoms with van der Waals surface area (Å²) in [4.78, 5) is 13.3. The zero-order valence-corrected chi connectivity index (χ0v) is 9.54. The van der Waals surface area contributed by atoms with Gasteiger partial charge >= 0.3 is 0 Å². The predicted molar refractivity (Wildman–Crippen MR) is 58.0 cm³/mol. The molecule has 1 aliphatic heterocycles. The van der Waals surface area contributed by atoms with Crippen molar-refractivity contribution >= 4 is 5.78 Å². The van der Waals surface area contributed by atoms with Crippen LogP contribution in [-0.4, -0.2) is 57.2 Å². The average molecular weight is 215 g/mol. The maximum Gasteiger partial charge on any atom is 0.135 e. The Morgan fingerprint density at radius 2 is 1.93 bits per heavy atom. The molecule has 0 aliphatic carbocycles. The maximum absolute atomic E-state index is 11.0. The van der Waals surface area contributed by atoms with E-state index < -0.39 is 0 Å². The Morgan fingerprint density at radius 3 is 2.60 bits per heavy atom. The molecule has 15 heavy (non-hydrogen) atoms. The van der Waals surface area contributed by atoms with Crippen LogP contribution in [0, 0.1) is 0 Å². The van der Waals surface area contributed by atoms with Gasteiger partial charge in [0, 0.05) is 46.2 Å². The molecule has 0 bridgehead atoms. The van der Waals surface area contributed by atoms with E-state index in [-0.39, 0.29) is 0 Å². The highest BCUT2D eigenvalue weighted by molar-refractivity contribution is 5.79. The molecular weight excluding hydrogens is 194 g/mol. The van der Waals surface area contributed by atoms with Crippen LogP contribution in [0.4, 0.5) is 0 Å². The Labute approximate surface area is 91.5 Å². The summed E-state index contributed by atoms with van der Waals surface area (Å²) in [6, 6.07) is 0. The lowest BCUT2D eigenvalue weighted by Crippen LogP contribution is -2.34. The molecule has 0 unspecified atom stereocenters. The maximum atomic E-state index is 11.0. The summed E-state index contributed by atoms with van der Waals surface area (Å²) in [5.74, 6) is 0.405. The van der Waals surface area contributed by atoms with Gasteiger partial charge in [0.05, 0.1) is 13.2 Å². The molecule has 1 saturated heterocycles. The molecular formula is C11H21NO3. The number of carbonyl (C=O) groups excluding carboxylic acids is 1. The number of piperidine rings is 1. The van der Waals surface area contributed by atoms with Crippen molar-refractivity contribution in [2.45, 2.75) is 19.3 Å². The molecule has 0 radical (unpaired) electrons. The van der Waals surface area contributed by atoms with Crippen molar-refractivity contribution < 1.29 is 14.3 Å². The number of ketones is 1. The molecule has 0 aromatic rings. The molecule has 0 N–H and O–H groups in total. The lowest BCUT2D eigenvalue weighted by molar-refractivity contribution is -0.121. The van der Waals surface area contributed by atoms with Gasteiger partial charge in [-0.15, -0.1) is 0 Å². The molecule has 0 aromatic heterocycles. The molecule has 0 amide bonds. The first kappa shape index (κ1) is 12.6. The van der Waals surface area contributed by atoms with Crippen LogP contribution in [0.5, 0.6) is 0 Å². The Morgan fingerprint density at radius 1 is 1.20 bits per heavy atom. The fraction of sp³-hybridized carbons (Fsp3) is 0.909. The minimum absolute atomic E-state index is 0.405. The van der Waals surface area contributed by atoms with Crippen molar-refractivity contribution in [3.63, 3.8) is 0 Å². The molecule has 1 rings (SSSR count). The van der Waals surface area contributed by atoms with Crippen LogP contribution in [0.3, 0.4) is 0 Å². The van der Waals surface area contributed by atoms with E-state index in [9.17, 15) is 4.79 Å². The highest BCUT2D eigenvalue weighted by atomic mass is 16.5. The van der Waals surface area contributed by atoms with E-state index in [1.807, 2.05) is 0 Å². The fourth-order valence-electron chi connectivity index (χ4n) is 1.66. The predicted octanol–water partition coefficient (Wildman–Crippen LogP) is 0.704. The van der Waals surface area contributed by atoms with Gasteiger partial charge in [0.2, 0.25) is 0 Å². The Hall–Kier alpha value is -0.450. The lowest BCUT2D eigenvalue weighted by Gasteiger charge is -2.25. The first-order valence-corrected chi connectivity index (χ1v) is 5.63. The highest BCUT2D eigenvalue weighted by Gasteiger charge is 2.14.